The van der Waals surface area contributed by atoms with Crippen LogP contribution in [0.4, 0.5) is 0 Å². The Morgan fingerprint density at radius 3 is 3.19 bits per heavy atom. The van der Waals surface area contributed by atoms with E-state index >= 15 is 0 Å². The molecule has 2 N–H and O–H groups in total. The van der Waals surface area contributed by atoms with Crippen molar-refractivity contribution in [2.24, 2.45) is 0 Å². The quantitative estimate of drug-likeness (QED) is 0.874. The lowest BCUT2D eigenvalue weighted by Gasteiger charge is -2.32. The third kappa shape index (κ3) is 3.09. The summed E-state index contributed by atoms with van der Waals surface area (Å²) in [7, 11) is 0. The Hall–Kier alpha value is -2.25. The van der Waals surface area contributed by atoms with Gasteiger partial charge < -0.3 is 9.84 Å². The van der Waals surface area contributed by atoms with Crippen molar-refractivity contribution in [2.45, 2.75) is 12.6 Å². The highest BCUT2D eigenvalue weighted by molar-refractivity contribution is 5.86. The highest BCUT2D eigenvalue weighted by Gasteiger charge is 2.24. The fraction of sp³-hybridized carbons (Fsp3) is 0.357. The fourth-order valence-electron chi connectivity index (χ4n) is 2.47. The van der Waals surface area contributed by atoms with Gasteiger partial charge in [-0.1, -0.05) is 6.07 Å². The second-order valence-electron chi connectivity index (χ2n) is 4.96. The molecule has 1 aliphatic rings. The summed E-state index contributed by atoms with van der Waals surface area (Å²) in [5, 5.41) is 15.4. The van der Waals surface area contributed by atoms with Crippen molar-refractivity contribution >= 4 is 5.97 Å². The van der Waals surface area contributed by atoms with Gasteiger partial charge in [-0.3, -0.25) is 15.0 Å². The summed E-state index contributed by atoms with van der Waals surface area (Å²) in [6, 6.07) is 3.87. The number of H-pyrrole nitrogens is 1. The highest BCUT2D eigenvalue weighted by atomic mass is 16.5. The molecular weight excluding hydrogens is 272 g/mol. The smallest absolute Gasteiger partial charge is 0.354 e. The van der Waals surface area contributed by atoms with Crippen molar-refractivity contribution in [3.05, 3.63) is 47.5 Å². The molecule has 0 radical (unpaired) electrons. The molecule has 1 saturated heterocycles. The molecule has 1 atom stereocenters. The molecule has 1 unspecified atom stereocenters. The van der Waals surface area contributed by atoms with Crippen LogP contribution in [0, 0.1) is 0 Å². The Morgan fingerprint density at radius 2 is 2.43 bits per heavy atom. The maximum absolute atomic E-state index is 11.1. The van der Waals surface area contributed by atoms with Gasteiger partial charge in [-0.2, -0.15) is 5.10 Å². The van der Waals surface area contributed by atoms with Crippen LogP contribution in [0.1, 0.15) is 27.7 Å². The van der Waals surface area contributed by atoms with Crippen molar-refractivity contribution in [1.29, 1.82) is 0 Å². The first-order chi connectivity index (χ1) is 10.2. The number of aromatic carboxylic acids is 1. The molecule has 110 valence electrons. The number of nitrogens with zero attached hydrogens (tertiary/aromatic N) is 3. The minimum Gasteiger partial charge on any atom is -0.477 e. The van der Waals surface area contributed by atoms with Gasteiger partial charge in [-0.25, -0.2) is 4.79 Å². The summed E-state index contributed by atoms with van der Waals surface area (Å²) in [6.07, 6.45) is 5.06. The number of aromatic amines is 1. The molecule has 0 amide bonds. The highest BCUT2D eigenvalue weighted by Crippen LogP contribution is 2.22. The van der Waals surface area contributed by atoms with Crippen LogP contribution in [0.25, 0.3) is 0 Å². The molecule has 7 heteroatoms. The van der Waals surface area contributed by atoms with Crippen LogP contribution in [-0.2, 0) is 11.3 Å². The summed E-state index contributed by atoms with van der Waals surface area (Å²) in [4.78, 5) is 17.4. The van der Waals surface area contributed by atoms with Gasteiger partial charge in [0.05, 0.1) is 18.9 Å². The third-order valence-electron chi connectivity index (χ3n) is 3.53. The van der Waals surface area contributed by atoms with E-state index < -0.39 is 5.97 Å². The van der Waals surface area contributed by atoms with Gasteiger partial charge in [0.25, 0.3) is 0 Å². The molecule has 0 spiro atoms. The first-order valence-electron chi connectivity index (χ1n) is 6.73. The van der Waals surface area contributed by atoms with Crippen LogP contribution in [0.3, 0.4) is 0 Å². The van der Waals surface area contributed by atoms with Crippen molar-refractivity contribution in [3.8, 4) is 0 Å². The molecule has 0 bridgehead atoms. The van der Waals surface area contributed by atoms with Gasteiger partial charge in [0.1, 0.15) is 5.69 Å². The number of ether oxygens (including phenoxy) is 1. The summed E-state index contributed by atoms with van der Waals surface area (Å²) in [6.45, 7) is 2.62. The summed E-state index contributed by atoms with van der Waals surface area (Å²) >= 11 is 0. The largest absolute Gasteiger partial charge is 0.477 e. The van der Waals surface area contributed by atoms with Gasteiger partial charge in [0.2, 0.25) is 0 Å². The summed E-state index contributed by atoms with van der Waals surface area (Å²) < 4.78 is 5.77. The van der Waals surface area contributed by atoms with Crippen LogP contribution in [0.15, 0.2) is 30.7 Å². The molecule has 1 aliphatic heterocycles. The molecule has 21 heavy (non-hydrogen) atoms. The number of pyridine rings is 1. The van der Waals surface area contributed by atoms with Crippen molar-refractivity contribution in [3.63, 3.8) is 0 Å². The van der Waals surface area contributed by atoms with Crippen molar-refractivity contribution in [2.75, 3.05) is 19.7 Å². The number of carbonyl (C=O) groups is 1. The molecule has 0 aromatic carbocycles. The Morgan fingerprint density at radius 1 is 1.52 bits per heavy atom. The number of carboxylic acids is 1. The number of hydrogen-bond acceptors (Lipinski definition) is 5. The van der Waals surface area contributed by atoms with E-state index in [9.17, 15) is 4.79 Å². The molecule has 1 fully saturated rings. The van der Waals surface area contributed by atoms with E-state index in [-0.39, 0.29) is 11.8 Å². The molecule has 7 nitrogen and oxygen atoms in total. The third-order valence-corrected chi connectivity index (χ3v) is 3.53. The number of carboxylic acid groups (broad SMARTS) is 1. The predicted molar refractivity (Wildman–Crippen MR) is 73.8 cm³/mol. The number of rotatable bonds is 4. The minimum atomic E-state index is -0.987. The van der Waals surface area contributed by atoms with Crippen molar-refractivity contribution < 1.29 is 14.6 Å². The molecule has 2 aromatic rings. The zero-order chi connectivity index (χ0) is 14.7. The Kier molecular flexibility index (Phi) is 3.94. The second kappa shape index (κ2) is 6.02. The molecule has 0 saturated carbocycles. The average molecular weight is 288 g/mol. The van der Waals surface area contributed by atoms with E-state index in [0.29, 0.717) is 25.3 Å². The van der Waals surface area contributed by atoms with Crippen LogP contribution in [0.2, 0.25) is 0 Å². The lowest BCUT2D eigenvalue weighted by atomic mass is 10.1. The summed E-state index contributed by atoms with van der Waals surface area (Å²) in [5.74, 6) is -0.987. The van der Waals surface area contributed by atoms with Crippen LogP contribution >= 0.6 is 0 Å². The number of morpholine rings is 1. The lowest BCUT2D eigenvalue weighted by Crippen LogP contribution is -2.38. The standard InChI is InChI=1S/C14H16N4O3/c19-14(20)13-11(7-16-17-13)8-18-4-5-21-12(9-18)10-2-1-3-15-6-10/h1-3,6-7,12H,4-5,8-9H2,(H,16,17)(H,19,20). The van der Waals surface area contributed by atoms with Crippen LogP contribution in [0.5, 0.6) is 0 Å². The maximum Gasteiger partial charge on any atom is 0.354 e. The number of aromatic nitrogens is 3. The van der Waals surface area contributed by atoms with E-state index in [1.165, 1.54) is 0 Å². The van der Waals surface area contributed by atoms with E-state index in [1.807, 2.05) is 12.1 Å². The Balaban J connectivity index is 1.69. The molecular formula is C14H16N4O3. The fourth-order valence-corrected chi connectivity index (χ4v) is 2.47. The first-order valence-corrected chi connectivity index (χ1v) is 6.73. The monoisotopic (exact) mass is 288 g/mol. The predicted octanol–water partition coefficient (Wildman–Crippen LogP) is 1.08. The van der Waals surface area contributed by atoms with E-state index in [2.05, 4.69) is 20.1 Å². The zero-order valence-electron chi connectivity index (χ0n) is 11.4. The Bertz CT molecular complexity index is 614. The lowest BCUT2D eigenvalue weighted by molar-refractivity contribution is -0.0331. The van der Waals surface area contributed by atoms with E-state index in [0.717, 1.165) is 12.1 Å². The minimum absolute atomic E-state index is 0.0346. The summed E-state index contributed by atoms with van der Waals surface area (Å²) in [5.41, 5.74) is 1.88. The molecule has 3 rings (SSSR count). The van der Waals surface area contributed by atoms with Gasteiger partial charge in [0.15, 0.2) is 0 Å². The molecule has 2 aromatic heterocycles. The van der Waals surface area contributed by atoms with Gasteiger partial charge >= 0.3 is 5.97 Å². The topological polar surface area (TPSA) is 91.3 Å². The van der Waals surface area contributed by atoms with Gasteiger partial charge in [-0.05, 0) is 6.07 Å². The van der Waals surface area contributed by atoms with E-state index in [4.69, 9.17) is 9.84 Å². The molecule has 0 aliphatic carbocycles. The molecule has 3 heterocycles. The van der Waals surface area contributed by atoms with Crippen LogP contribution in [-0.4, -0.2) is 50.9 Å². The zero-order valence-corrected chi connectivity index (χ0v) is 11.4. The second-order valence-corrected chi connectivity index (χ2v) is 4.96. The Labute approximate surface area is 121 Å². The van der Waals surface area contributed by atoms with Crippen molar-refractivity contribution in [1.82, 2.24) is 20.1 Å². The first kappa shape index (κ1) is 13.7. The number of hydrogen-bond donors (Lipinski definition) is 2. The van der Waals surface area contributed by atoms with Gasteiger partial charge in [-0.15, -0.1) is 0 Å². The normalized spacial score (nSPS) is 19.5. The SMILES string of the molecule is O=C(O)c1[nH]ncc1CN1CCOC(c2cccnc2)C1. The van der Waals surface area contributed by atoms with E-state index in [1.54, 1.807) is 18.6 Å². The van der Waals surface area contributed by atoms with Crippen LogP contribution < -0.4 is 0 Å². The average Bonchev–Trinajstić information content (AvgIpc) is 2.97. The maximum atomic E-state index is 11.1. The number of nitrogens with one attached hydrogen (secondary N) is 1. The van der Waals surface area contributed by atoms with Gasteiger partial charge in [0, 0.05) is 43.2 Å².